The minimum atomic E-state index is -0.350. The first-order valence-electron chi connectivity index (χ1n) is 6.59. The summed E-state index contributed by atoms with van der Waals surface area (Å²) < 4.78 is 1.22. The molecule has 0 spiro atoms. The van der Waals surface area contributed by atoms with Crippen LogP contribution in [0.4, 0.5) is 0 Å². The van der Waals surface area contributed by atoms with Gasteiger partial charge in [0, 0.05) is 31.0 Å². The first-order chi connectivity index (χ1) is 9.15. The molecule has 0 saturated heterocycles. The molecule has 19 heavy (non-hydrogen) atoms. The van der Waals surface area contributed by atoms with Gasteiger partial charge in [0.1, 0.15) is 0 Å². The predicted molar refractivity (Wildman–Crippen MR) is 77.5 cm³/mol. The lowest BCUT2D eigenvalue weighted by Gasteiger charge is -2.03. The van der Waals surface area contributed by atoms with Crippen molar-refractivity contribution in [2.45, 2.75) is 45.6 Å². The van der Waals surface area contributed by atoms with Gasteiger partial charge in [0.25, 0.3) is 5.56 Å². The molecule has 0 unspecified atom stereocenters. The molecule has 0 aromatic carbocycles. The molecule has 0 fully saturated rings. The Hall–Kier alpha value is -1.30. The van der Waals surface area contributed by atoms with Gasteiger partial charge < -0.3 is 4.98 Å². The number of carbonyl (C=O) groups excluding carboxylic acids is 1. The number of carbonyl (C=O) groups is 1. The molecule has 106 valence electrons. The number of unbranched alkanes of at least 4 members (excludes halogenated alkanes) is 3. The van der Waals surface area contributed by atoms with Gasteiger partial charge in [0.05, 0.1) is 0 Å². The number of hydrogen-bond acceptors (Lipinski definition) is 4. The molecule has 5 nitrogen and oxygen atoms in total. The van der Waals surface area contributed by atoms with Crippen molar-refractivity contribution in [3.8, 4) is 0 Å². The van der Waals surface area contributed by atoms with Crippen LogP contribution in [-0.4, -0.2) is 20.4 Å². The lowest BCUT2D eigenvalue weighted by Crippen LogP contribution is -2.33. The summed E-state index contributed by atoms with van der Waals surface area (Å²) in [6.45, 7) is 2.32. The van der Waals surface area contributed by atoms with Crippen molar-refractivity contribution in [3.05, 3.63) is 33.1 Å². The van der Waals surface area contributed by atoms with Gasteiger partial charge in [-0.1, -0.05) is 31.5 Å². The Balaban J connectivity index is 2.16. The van der Waals surface area contributed by atoms with Crippen LogP contribution in [0.1, 0.15) is 39.0 Å². The predicted octanol–water partition coefficient (Wildman–Crippen LogP) is 1.77. The van der Waals surface area contributed by atoms with E-state index in [-0.39, 0.29) is 16.4 Å². The molecule has 0 atom stereocenters. The third-order valence-electron chi connectivity index (χ3n) is 2.77. The fourth-order valence-corrected chi connectivity index (χ4v) is 2.46. The van der Waals surface area contributed by atoms with Crippen molar-refractivity contribution in [2.24, 2.45) is 0 Å². The zero-order valence-corrected chi connectivity index (χ0v) is 12.0. The summed E-state index contributed by atoms with van der Waals surface area (Å²) in [6, 6.07) is 1.36. The Morgan fingerprint density at radius 3 is 2.68 bits per heavy atom. The van der Waals surface area contributed by atoms with Gasteiger partial charge in [0.2, 0.25) is 0 Å². The van der Waals surface area contributed by atoms with Crippen LogP contribution in [0.2, 0.25) is 0 Å². The fourth-order valence-electron chi connectivity index (χ4n) is 1.68. The van der Waals surface area contributed by atoms with E-state index >= 15 is 0 Å². The third kappa shape index (κ3) is 5.92. The summed E-state index contributed by atoms with van der Waals surface area (Å²) in [5, 5.41) is 0.238. The van der Waals surface area contributed by atoms with Gasteiger partial charge in [-0.3, -0.25) is 14.2 Å². The Morgan fingerprint density at radius 2 is 2.00 bits per heavy atom. The van der Waals surface area contributed by atoms with E-state index in [1.165, 1.54) is 28.6 Å². The quantitative estimate of drug-likeness (QED) is 0.738. The standard InChI is InChI=1S/C13H20N2O3S/c1-2-12(17)19-10-6-4-3-5-9-15-11(16)7-8-14-13(15)18/h7-8H,2-6,9-10H2,1H3,(H,14,18). The zero-order valence-electron chi connectivity index (χ0n) is 11.2. The van der Waals surface area contributed by atoms with Crippen LogP contribution < -0.4 is 11.2 Å². The first kappa shape index (κ1) is 15.8. The Morgan fingerprint density at radius 1 is 1.26 bits per heavy atom. The summed E-state index contributed by atoms with van der Waals surface area (Å²) in [7, 11) is 0. The Labute approximate surface area is 116 Å². The number of aromatic nitrogens is 2. The van der Waals surface area contributed by atoms with Gasteiger partial charge in [0.15, 0.2) is 5.12 Å². The highest BCUT2D eigenvalue weighted by molar-refractivity contribution is 8.13. The second-order valence-electron chi connectivity index (χ2n) is 4.26. The second-order valence-corrected chi connectivity index (χ2v) is 5.41. The van der Waals surface area contributed by atoms with E-state index in [9.17, 15) is 14.4 Å². The number of rotatable bonds is 8. The Bertz CT molecular complexity index is 479. The molecule has 0 radical (unpaired) electrons. The highest BCUT2D eigenvalue weighted by Crippen LogP contribution is 2.10. The van der Waals surface area contributed by atoms with Crippen molar-refractivity contribution in [3.63, 3.8) is 0 Å². The Kier molecular flexibility index (Phi) is 7.25. The molecule has 0 aliphatic rings. The number of nitrogens with zero attached hydrogens (tertiary/aromatic N) is 1. The van der Waals surface area contributed by atoms with Crippen molar-refractivity contribution in [1.82, 2.24) is 9.55 Å². The van der Waals surface area contributed by atoms with E-state index in [1.807, 2.05) is 6.92 Å². The zero-order chi connectivity index (χ0) is 14.1. The molecular formula is C13H20N2O3S. The SMILES string of the molecule is CCC(=O)SCCCCCCn1c(=O)cc[nH]c1=O. The van der Waals surface area contributed by atoms with Gasteiger partial charge in [-0.25, -0.2) is 4.79 Å². The number of nitrogens with one attached hydrogen (secondary N) is 1. The maximum Gasteiger partial charge on any atom is 0.328 e. The molecule has 1 aromatic rings. The van der Waals surface area contributed by atoms with Crippen molar-refractivity contribution < 1.29 is 4.79 Å². The molecule has 0 amide bonds. The lowest BCUT2D eigenvalue weighted by molar-refractivity contribution is -0.110. The van der Waals surface area contributed by atoms with Crippen LogP contribution in [0.15, 0.2) is 21.9 Å². The second kappa shape index (κ2) is 8.74. The minimum absolute atomic E-state index is 0.238. The van der Waals surface area contributed by atoms with E-state index in [2.05, 4.69) is 4.98 Å². The average molecular weight is 284 g/mol. The summed E-state index contributed by atoms with van der Waals surface area (Å²) in [5.74, 6) is 0.860. The number of H-pyrrole nitrogens is 1. The summed E-state index contributed by atoms with van der Waals surface area (Å²) in [4.78, 5) is 36.3. The molecule has 1 N–H and O–H groups in total. The molecular weight excluding hydrogens is 264 g/mol. The summed E-state index contributed by atoms with van der Waals surface area (Å²) in [6.07, 6.45) is 5.73. The van der Waals surface area contributed by atoms with Crippen molar-refractivity contribution in [2.75, 3.05) is 5.75 Å². The maximum absolute atomic E-state index is 11.4. The van der Waals surface area contributed by atoms with Crippen molar-refractivity contribution >= 4 is 16.9 Å². The summed E-state index contributed by atoms with van der Waals surface area (Å²) >= 11 is 1.39. The van der Waals surface area contributed by atoms with Crippen LogP contribution in [-0.2, 0) is 11.3 Å². The van der Waals surface area contributed by atoms with Crippen LogP contribution in [0.3, 0.4) is 0 Å². The largest absolute Gasteiger partial charge is 0.328 e. The fraction of sp³-hybridized carbons (Fsp3) is 0.615. The molecule has 0 aliphatic heterocycles. The summed E-state index contributed by atoms with van der Waals surface area (Å²) in [5.41, 5.74) is -0.607. The number of aromatic amines is 1. The maximum atomic E-state index is 11.4. The first-order valence-corrected chi connectivity index (χ1v) is 7.58. The average Bonchev–Trinajstić information content (AvgIpc) is 2.40. The highest BCUT2D eigenvalue weighted by Gasteiger charge is 2.00. The van der Waals surface area contributed by atoms with Crippen LogP contribution >= 0.6 is 11.8 Å². The van der Waals surface area contributed by atoms with Crippen LogP contribution in [0.25, 0.3) is 0 Å². The molecule has 0 saturated carbocycles. The van der Waals surface area contributed by atoms with Crippen LogP contribution in [0.5, 0.6) is 0 Å². The van der Waals surface area contributed by atoms with E-state index < -0.39 is 0 Å². The van der Waals surface area contributed by atoms with Gasteiger partial charge in [-0.05, 0) is 12.8 Å². The van der Waals surface area contributed by atoms with Gasteiger partial charge >= 0.3 is 5.69 Å². The molecule has 1 aromatic heterocycles. The molecule has 1 rings (SSSR count). The van der Waals surface area contributed by atoms with Crippen LogP contribution in [0, 0.1) is 0 Å². The molecule has 6 heteroatoms. The number of hydrogen-bond donors (Lipinski definition) is 1. The monoisotopic (exact) mass is 284 g/mol. The molecule has 0 bridgehead atoms. The molecule has 0 aliphatic carbocycles. The molecule has 1 heterocycles. The van der Waals surface area contributed by atoms with Gasteiger partial charge in [-0.15, -0.1) is 0 Å². The van der Waals surface area contributed by atoms with Gasteiger partial charge in [-0.2, -0.15) is 0 Å². The lowest BCUT2D eigenvalue weighted by atomic mass is 10.2. The van der Waals surface area contributed by atoms with E-state index in [1.54, 1.807) is 0 Å². The third-order valence-corrected chi connectivity index (χ3v) is 3.88. The van der Waals surface area contributed by atoms with E-state index in [0.29, 0.717) is 13.0 Å². The number of thioether (sulfide) groups is 1. The highest BCUT2D eigenvalue weighted by atomic mass is 32.2. The smallest absolute Gasteiger partial charge is 0.314 e. The minimum Gasteiger partial charge on any atom is -0.314 e. The van der Waals surface area contributed by atoms with E-state index in [0.717, 1.165) is 31.4 Å². The normalized spacial score (nSPS) is 10.6. The van der Waals surface area contributed by atoms with Crippen molar-refractivity contribution in [1.29, 1.82) is 0 Å². The topological polar surface area (TPSA) is 71.9 Å². The van der Waals surface area contributed by atoms with E-state index in [4.69, 9.17) is 0 Å².